The number of benzene rings is 1. The molecule has 0 bridgehead atoms. The highest BCUT2D eigenvalue weighted by Gasteiger charge is 2.17. The van der Waals surface area contributed by atoms with Gasteiger partial charge in [-0.1, -0.05) is 30.3 Å². The van der Waals surface area contributed by atoms with Crippen molar-refractivity contribution in [3.63, 3.8) is 0 Å². The maximum atomic E-state index is 11.9. The van der Waals surface area contributed by atoms with Gasteiger partial charge in [-0.05, 0) is 12.8 Å². The minimum atomic E-state index is 0.0268. The lowest BCUT2D eigenvalue weighted by Crippen LogP contribution is -2.37. The van der Waals surface area contributed by atoms with Crippen molar-refractivity contribution in [2.24, 2.45) is 0 Å². The summed E-state index contributed by atoms with van der Waals surface area (Å²) in [6, 6.07) is 10.1. The molecule has 2 amide bonds. The van der Waals surface area contributed by atoms with Gasteiger partial charge in [0.1, 0.15) is 5.01 Å². The number of carbonyl (C=O) groups excluding carboxylic acids is 1. The van der Waals surface area contributed by atoms with Gasteiger partial charge in [-0.15, -0.1) is 11.3 Å². The maximum absolute atomic E-state index is 11.9. The number of hydrogen-bond acceptors (Lipinski definition) is 3. The molecule has 0 spiro atoms. The average Bonchev–Trinajstić information content (AvgIpc) is 3.17. The highest BCUT2D eigenvalue weighted by molar-refractivity contribution is 7.09. The molecule has 1 N–H and O–H groups in total. The molecule has 1 saturated heterocycles. The summed E-state index contributed by atoms with van der Waals surface area (Å²) < 4.78 is 0. The molecular weight excluding hydrogens is 270 g/mol. The van der Waals surface area contributed by atoms with Gasteiger partial charge in [0.15, 0.2) is 0 Å². The number of thiazole rings is 1. The van der Waals surface area contributed by atoms with Crippen LogP contribution >= 0.6 is 11.3 Å². The topological polar surface area (TPSA) is 45.2 Å². The second-order valence-corrected chi connectivity index (χ2v) is 5.79. The number of aromatic nitrogens is 1. The molecule has 1 aromatic heterocycles. The summed E-state index contributed by atoms with van der Waals surface area (Å²) in [5.74, 6) is 0. The molecule has 2 heterocycles. The van der Waals surface area contributed by atoms with Crippen molar-refractivity contribution in [2.45, 2.75) is 19.4 Å². The van der Waals surface area contributed by atoms with Crippen LogP contribution in [0.5, 0.6) is 0 Å². The van der Waals surface area contributed by atoms with Gasteiger partial charge < -0.3 is 10.2 Å². The Morgan fingerprint density at radius 1 is 1.25 bits per heavy atom. The second-order valence-electron chi connectivity index (χ2n) is 4.85. The zero-order valence-corrected chi connectivity index (χ0v) is 12.0. The second kappa shape index (κ2) is 6.05. The number of likely N-dealkylation sites (tertiary alicyclic amines) is 1. The first kappa shape index (κ1) is 13.1. The molecule has 4 nitrogen and oxygen atoms in total. The number of amides is 2. The molecular formula is C15H17N3OS. The summed E-state index contributed by atoms with van der Waals surface area (Å²) in [7, 11) is 0. The number of urea groups is 1. The molecule has 1 aliphatic rings. The lowest BCUT2D eigenvalue weighted by molar-refractivity contribution is 0.208. The minimum absolute atomic E-state index is 0.0268. The van der Waals surface area contributed by atoms with Gasteiger partial charge in [-0.2, -0.15) is 0 Å². The van der Waals surface area contributed by atoms with Crippen LogP contribution in [0.2, 0.25) is 0 Å². The van der Waals surface area contributed by atoms with E-state index < -0.39 is 0 Å². The predicted molar refractivity (Wildman–Crippen MR) is 80.6 cm³/mol. The molecule has 0 saturated carbocycles. The lowest BCUT2D eigenvalue weighted by Gasteiger charge is -2.15. The van der Waals surface area contributed by atoms with Crippen molar-refractivity contribution < 1.29 is 4.79 Å². The van der Waals surface area contributed by atoms with E-state index in [9.17, 15) is 4.79 Å². The van der Waals surface area contributed by atoms with Crippen molar-refractivity contribution in [3.05, 3.63) is 40.7 Å². The Labute approximate surface area is 122 Å². The van der Waals surface area contributed by atoms with Crippen LogP contribution in [0.1, 0.15) is 17.8 Å². The van der Waals surface area contributed by atoms with Gasteiger partial charge in [0, 0.05) is 24.0 Å². The van der Waals surface area contributed by atoms with Gasteiger partial charge in [-0.25, -0.2) is 9.78 Å². The minimum Gasteiger partial charge on any atom is -0.331 e. The fraction of sp³-hybridized carbons (Fsp3) is 0.333. The molecule has 1 aliphatic heterocycles. The van der Waals surface area contributed by atoms with Crippen molar-refractivity contribution in [3.8, 4) is 11.3 Å². The van der Waals surface area contributed by atoms with E-state index in [-0.39, 0.29) is 6.03 Å². The molecule has 0 unspecified atom stereocenters. The molecule has 3 rings (SSSR count). The average molecular weight is 287 g/mol. The molecule has 20 heavy (non-hydrogen) atoms. The number of nitrogens with zero attached hydrogens (tertiary/aromatic N) is 2. The third-order valence-electron chi connectivity index (χ3n) is 3.41. The monoisotopic (exact) mass is 287 g/mol. The van der Waals surface area contributed by atoms with Crippen LogP contribution in [0.25, 0.3) is 11.3 Å². The van der Waals surface area contributed by atoms with Crippen LogP contribution in [0, 0.1) is 0 Å². The molecule has 104 valence electrons. The zero-order chi connectivity index (χ0) is 13.8. The Balaban J connectivity index is 1.59. The molecule has 0 aliphatic carbocycles. The SMILES string of the molecule is O=C(NCc1nc(-c2ccccc2)cs1)N1CCCC1. The first-order chi connectivity index (χ1) is 9.83. The lowest BCUT2D eigenvalue weighted by atomic mass is 10.2. The van der Waals surface area contributed by atoms with Gasteiger partial charge >= 0.3 is 6.03 Å². The fourth-order valence-electron chi connectivity index (χ4n) is 2.32. The van der Waals surface area contributed by atoms with E-state index in [1.807, 2.05) is 40.6 Å². The molecule has 2 aromatic rings. The van der Waals surface area contributed by atoms with Crippen LogP contribution < -0.4 is 5.32 Å². The van der Waals surface area contributed by atoms with E-state index >= 15 is 0 Å². The molecule has 1 aromatic carbocycles. The van der Waals surface area contributed by atoms with E-state index in [4.69, 9.17) is 0 Å². The van der Waals surface area contributed by atoms with Crippen LogP contribution in [-0.4, -0.2) is 29.0 Å². The number of nitrogens with one attached hydrogen (secondary N) is 1. The van der Waals surface area contributed by atoms with Gasteiger partial charge in [-0.3, -0.25) is 0 Å². The van der Waals surface area contributed by atoms with Crippen molar-refractivity contribution in [1.29, 1.82) is 0 Å². The summed E-state index contributed by atoms with van der Waals surface area (Å²) >= 11 is 1.58. The Morgan fingerprint density at radius 2 is 2.00 bits per heavy atom. The maximum Gasteiger partial charge on any atom is 0.317 e. The molecule has 0 atom stereocenters. The summed E-state index contributed by atoms with van der Waals surface area (Å²) in [5, 5.41) is 5.92. The Hall–Kier alpha value is -1.88. The molecule has 0 radical (unpaired) electrons. The number of rotatable bonds is 3. The Kier molecular flexibility index (Phi) is 3.97. The fourth-order valence-corrected chi connectivity index (χ4v) is 3.06. The first-order valence-electron chi connectivity index (χ1n) is 6.85. The van der Waals surface area contributed by atoms with E-state index in [0.717, 1.165) is 42.2 Å². The first-order valence-corrected chi connectivity index (χ1v) is 7.73. The van der Waals surface area contributed by atoms with E-state index in [2.05, 4.69) is 10.3 Å². The van der Waals surface area contributed by atoms with Crippen LogP contribution in [0.3, 0.4) is 0 Å². The zero-order valence-electron chi connectivity index (χ0n) is 11.2. The summed E-state index contributed by atoms with van der Waals surface area (Å²) in [6.45, 7) is 2.25. The van der Waals surface area contributed by atoms with E-state index in [1.54, 1.807) is 11.3 Å². The number of carbonyl (C=O) groups is 1. The highest BCUT2D eigenvalue weighted by Crippen LogP contribution is 2.21. The quantitative estimate of drug-likeness (QED) is 0.942. The molecule has 1 fully saturated rings. The summed E-state index contributed by atoms with van der Waals surface area (Å²) in [5.41, 5.74) is 2.09. The third kappa shape index (κ3) is 2.99. The summed E-state index contributed by atoms with van der Waals surface area (Å²) in [6.07, 6.45) is 2.23. The van der Waals surface area contributed by atoms with Crippen molar-refractivity contribution in [2.75, 3.05) is 13.1 Å². The van der Waals surface area contributed by atoms with Gasteiger partial charge in [0.25, 0.3) is 0 Å². The Morgan fingerprint density at radius 3 is 2.75 bits per heavy atom. The molecule has 5 heteroatoms. The largest absolute Gasteiger partial charge is 0.331 e. The van der Waals surface area contributed by atoms with E-state index in [1.165, 1.54) is 0 Å². The highest BCUT2D eigenvalue weighted by atomic mass is 32.1. The van der Waals surface area contributed by atoms with Crippen molar-refractivity contribution in [1.82, 2.24) is 15.2 Å². The van der Waals surface area contributed by atoms with Crippen LogP contribution in [0.15, 0.2) is 35.7 Å². The summed E-state index contributed by atoms with van der Waals surface area (Å²) in [4.78, 5) is 18.3. The standard InChI is InChI=1S/C15H17N3OS/c19-15(18-8-4-5-9-18)16-10-14-17-13(11-20-14)12-6-2-1-3-7-12/h1-3,6-7,11H,4-5,8-10H2,(H,16,19). The third-order valence-corrected chi connectivity index (χ3v) is 4.25. The van der Waals surface area contributed by atoms with Crippen LogP contribution in [-0.2, 0) is 6.54 Å². The smallest absolute Gasteiger partial charge is 0.317 e. The van der Waals surface area contributed by atoms with Gasteiger partial charge in [0.2, 0.25) is 0 Å². The van der Waals surface area contributed by atoms with Gasteiger partial charge in [0.05, 0.1) is 12.2 Å². The Bertz CT molecular complexity index is 576. The predicted octanol–water partition coefficient (Wildman–Crippen LogP) is 3.12. The van der Waals surface area contributed by atoms with E-state index in [0.29, 0.717) is 6.54 Å². The normalized spacial score (nSPS) is 14.5. The van der Waals surface area contributed by atoms with Crippen molar-refractivity contribution >= 4 is 17.4 Å². The van der Waals surface area contributed by atoms with Crippen LogP contribution in [0.4, 0.5) is 4.79 Å². The number of hydrogen-bond donors (Lipinski definition) is 1.